The van der Waals surface area contributed by atoms with E-state index in [0.29, 0.717) is 26.3 Å². The Morgan fingerprint density at radius 3 is 2.61 bits per heavy atom. The van der Waals surface area contributed by atoms with E-state index in [0.717, 1.165) is 0 Å². The number of rotatable bonds is 6. The molecule has 1 aliphatic heterocycles. The molecule has 0 aliphatic carbocycles. The number of carbonyl (C=O) groups is 2. The zero-order valence-electron chi connectivity index (χ0n) is 12.3. The van der Waals surface area contributed by atoms with Gasteiger partial charge in [0.05, 0.1) is 18.1 Å². The minimum absolute atomic E-state index is 0.0334. The third-order valence-corrected chi connectivity index (χ3v) is 3.13. The molecule has 1 heterocycles. The van der Waals surface area contributed by atoms with Crippen molar-refractivity contribution in [1.82, 2.24) is 4.90 Å². The molecule has 1 aromatic carbocycles. The lowest BCUT2D eigenvalue weighted by Crippen LogP contribution is -2.42. The molecule has 9 nitrogen and oxygen atoms in total. The standard InChI is InChI=1S/C14H16N2O7/c17-13(15-5-7-21-8-6-15)9-23-14(18)10-22-12-4-2-1-3-11(12)16(19)20/h1-4H,5-10H2. The summed E-state index contributed by atoms with van der Waals surface area (Å²) in [4.78, 5) is 35.1. The van der Waals surface area contributed by atoms with E-state index in [4.69, 9.17) is 14.2 Å². The summed E-state index contributed by atoms with van der Waals surface area (Å²) in [6.07, 6.45) is 0. The topological polar surface area (TPSA) is 108 Å². The fourth-order valence-corrected chi connectivity index (χ4v) is 1.95. The molecule has 0 radical (unpaired) electrons. The zero-order valence-corrected chi connectivity index (χ0v) is 12.3. The van der Waals surface area contributed by atoms with Crippen molar-refractivity contribution >= 4 is 17.6 Å². The predicted octanol–water partition coefficient (Wildman–Crippen LogP) is 0.376. The summed E-state index contributed by atoms with van der Waals surface area (Å²) in [7, 11) is 0. The Morgan fingerprint density at radius 1 is 1.22 bits per heavy atom. The third kappa shape index (κ3) is 4.92. The van der Waals surface area contributed by atoms with Crippen molar-refractivity contribution in [2.75, 3.05) is 39.5 Å². The summed E-state index contributed by atoms with van der Waals surface area (Å²) in [5, 5.41) is 10.8. The molecule has 1 aliphatic rings. The lowest BCUT2D eigenvalue weighted by molar-refractivity contribution is -0.385. The average Bonchev–Trinajstić information content (AvgIpc) is 2.58. The first kappa shape index (κ1) is 16.7. The SMILES string of the molecule is O=C(COc1ccccc1[N+](=O)[O-])OCC(=O)N1CCOCC1. The Balaban J connectivity index is 1.77. The number of morpholine rings is 1. The fraction of sp³-hybridized carbons (Fsp3) is 0.429. The van der Waals surface area contributed by atoms with Gasteiger partial charge in [-0.1, -0.05) is 12.1 Å². The van der Waals surface area contributed by atoms with Gasteiger partial charge in [0.2, 0.25) is 0 Å². The van der Waals surface area contributed by atoms with Crippen LogP contribution in [0.25, 0.3) is 0 Å². The first-order valence-corrected chi connectivity index (χ1v) is 6.95. The molecule has 0 saturated carbocycles. The van der Waals surface area contributed by atoms with E-state index in [2.05, 4.69) is 0 Å². The Kier molecular flexibility index (Phi) is 5.87. The van der Waals surface area contributed by atoms with Crippen LogP contribution < -0.4 is 4.74 Å². The van der Waals surface area contributed by atoms with E-state index in [1.807, 2.05) is 0 Å². The second-order valence-corrected chi connectivity index (χ2v) is 4.67. The Morgan fingerprint density at radius 2 is 1.91 bits per heavy atom. The van der Waals surface area contributed by atoms with Gasteiger partial charge < -0.3 is 19.1 Å². The number of nitrogens with zero attached hydrogens (tertiary/aromatic N) is 2. The molecular formula is C14H16N2O7. The fourth-order valence-electron chi connectivity index (χ4n) is 1.95. The van der Waals surface area contributed by atoms with Gasteiger partial charge >= 0.3 is 11.7 Å². The molecule has 0 N–H and O–H groups in total. The highest BCUT2D eigenvalue weighted by Gasteiger charge is 2.19. The van der Waals surface area contributed by atoms with Crippen molar-refractivity contribution < 1.29 is 28.7 Å². The minimum atomic E-state index is -0.773. The highest BCUT2D eigenvalue weighted by molar-refractivity contribution is 5.81. The number of ether oxygens (including phenoxy) is 3. The summed E-state index contributed by atoms with van der Waals surface area (Å²) in [5.41, 5.74) is -0.246. The minimum Gasteiger partial charge on any atom is -0.475 e. The lowest BCUT2D eigenvalue weighted by Gasteiger charge is -2.26. The van der Waals surface area contributed by atoms with Crippen LogP contribution in [0.5, 0.6) is 5.75 Å². The Hall–Kier alpha value is -2.68. The van der Waals surface area contributed by atoms with Crippen LogP contribution in [0.2, 0.25) is 0 Å². The zero-order chi connectivity index (χ0) is 16.7. The van der Waals surface area contributed by atoms with Crippen LogP contribution in [0.1, 0.15) is 0 Å². The second kappa shape index (κ2) is 8.08. The number of para-hydroxylation sites is 2. The van der Waals surface area contributed by atoms with Gasteiger partial charge in [-0.3, -0.25) is 14.9 Å². The molecule has 9 heteroatoms. The number of carbonyl (C=O) groups excluding carboxylic acids is 2. The monoisotopic (exact) mass is 324 g/mol. The van der Waals surface area contributed by atoms with Gasteiger partial charge in [0.1, 0.15) is 0 Å². The van der Waals surface area contributed by atoms with E-state index in [1.54, 1.807) is 11.0 Å². The molecular weight excluding hydrogens is 308 g/mol. The van der Waals surface area contributed by atoms with E-state index >= 15 is 0 Å². The van der Waals surface area contributed by atoms with Crippen LogP contribution in [-0.4, -0.2) is 61.2 Å². The van der Waals surface area contributed by atoms with Gasteiger partial charge in [0.25, 0.3) is 5.91 Å². The van der Waals surface area contributed by atoms with Crippen LogP contribution in [0.4, 0.5) is 5.69 Å². The van der Waals surface area contributed by atoms with Crippen LogP contribution >= 0.6 is 0 Å². The maximum absolute atomic E-state index is 11.8. The highest BCUT2D eigenvalue weighted by Crippen LogP contribution is 2.25. The second-order valence-electron chi connectivity index (χ2n) is 4.67. The first-order valence-electron chi connectivity index (χ1n) is 6.95. The number of hydrogen-bond acceptors (Lipinski definition) is 7. The molecule has 124 valence electrons. The first-order chi connectivity index (χ1) is 11.1. The smallest absolute Gasteiger partial charge is 0.344 e. The normalized spacial score (nSPS) is 14.2. The van der Waals surface area contributed by atoms with Crippen molar-refractivity contribution in [3.05, 3.63) is 34.4 Å². The van der Waals surface area contributed by atoms with E-state index in [9.17, 15) is 19.7 Å². The van der Waals surface area contributed by atoms with Gasteiger partial charge in [-0.25, -0.2) is 4.79 Å². The van der Waals surface area contributed by atoms with Crippen molar-refractivity contribution in [2.24, 2.45) is 0 Å². The van der Waals surface area contributed by atoms with E-state index in [1.165, 1.54) is 18.2 Å². The highest BCUT2D eigenvalue weighted by atomic mass is 16.6. The molecule has 1 amide bonds. The quantitative estimate of drug-likeness (QED) is 0.422. The molecule has 1 fully saturated rings. The van der Waals surface area contributed by atoms with E-state index < -0.39 is 17.5 Å². The summed E-state index contributed by atoms with van der Waals surface area (Å²) < 4.78 is 15.0. The van der Waals surface area contributed by atoms with Gasteiger partial charge in [-0.05, 0) is 6.07 Å². The maximum Gasteiger partial charge on any atom is 0.344 e. The number of esters is 1. The largest absolute Gasteiger partial charge is 0.475 e. The van der Waals surface area contributed by atoms with Gasteiger partial charge in [0.15, 0.2) is 19.0 Å². The predicted molar refractivity (Wildman–Crippen MR) is 76.9 cm³/mol. The van der Waals surface area contributed by atoms with Gasteiger partial charge in [-0.15, -0.1) is 0 Å². The number of amides is 1. The third-order valence-electron chi connectivity index (χ3n) is 3.13. The summed E-state index contributed by atoms with van der Waals surface area (Å²) in [6.45, 7) is 0.938. The summed E-state index contributed by atoms with van der Waals surface area (Å²) in [5.74, 6) is -1.12. The van der Waals surface area contributed by atoms with Crippen LogP contribution in [0, 0.1) is 10.1 Å². The van der Waals surface area contributed by atoms with Crippen molar-refractivity contribution in [2.45, 2.75) is 0 Å². The van der Waals surface area contributed by atoms with E-state index in [-0.39, 0.29) is 24.0 Å². The molecule has 0 unspecified atom stereocenters. The number of hydrogen-bond donors (Lipinski definition) is 0. The molecule has 1 aromatic rings. The number of nitro benzene ring substituents is 1. The Labute approximate surface area is 131 Å². The molecule has 23 heavy (non-hydrogen) atoms. The molecule has 0 bridgehead atoms. The molecule has 0 spiro atoms. The summed E-state index contributed by atoms with van der Waals surface area (Å²) in [6, 6.07) is 5.69. The molecule has 0 aromatic heterocycles. The van der Waals surface area contributed by atoms with Crippen LogP contribution in [-0.2, 0) is 19.1 Å². The van der Waals surface area contributed by atoms with Gasteiger partial charge in [-0.2, -0.15) is 0 Å². The lowest BCUT2D eigenvalue weighted by atomic mass is 10.3. The van der Waals surface area contributed by atoms with Crippen molar-refractivity contribution in [3.63, 3.8) is 0 Å². The molecule has 1 saturated heterocycles. The van der Waals surface area contributed by atoms with Gasteiger partial charge in [0, 0.05) is 19.2 Å². The van der Waals surface area contributed by atoms with Crippen LogP contribution in [0.15, 0.2) is 24.3 Å². The van der Waals surface area contributed by atoms with Crippen LogP contribution in [0.3, 0.4) is 0 Å². The molecule has 0 atom stereocenters. The van der Waals surface area contributed by atoms with Crippen molar-refractivity contribution in [3.8, 4) is 5.75 Å². The Bertz CT molecular complexity index is 584. The average molecular weight is 324 g/mol. The number of benzene rings is 1. The van der Waals surface area contributed by atoms with Crippen molar-refractivity contribution in [1.29, 1.82) is 0 Å². The number of nitro groups is 1. The maximum atomic E-state index is 11.8. The summed E-state index contributed by atoms with van der Waals surface area (Å²) >= 11 is 0. The molecule has 2 rings (SSSR count).